The number of carbonyl (C=O) groups is 2. The second kappa shape index (κ2) is 6.27. The smallest absolute Gasteiger partial charge is 0.309 e. The summed E-state index contributed by atoms with van der Waals surface area (Å²) in [4.78, 5) is 23.0. The van der Waals surface area contributed by atoms with Crippen molar-refractivity contribution in [2.24, 2.45) is 0 Å². The van der Waals surface area contributed by atoms with Crippen molar-refractivity contribution in [3.8, 4) is 0 Å². The molecular formula is C16H14N4O3. The van der Waals surface area contributed by atoms with E-state index in [2.05, 4.69) is 15.6 Å². The number of aromatic nitrogens is 3. The molecule has 3 rings (SSSR count). The zero-order chi connectivity index (χ0) is 16.2. The number of nitrogens with one attached hydrogen (secondary N) is 1. The molecule has 23 heavy (non-hydrogen) atoms. The van der Waals surface area contributed by atoms with E-state index in [4.69, 9.17) is 5.11 Å². The highest BCUT2D eigenvalue weighted by atomic mass is 16.4. The number of nitrogens with zero attached hydrogens (tertiary/aromatic N) is 3. The fourth-order valence-electron chi connectivity index (χ4n) is 2.36. The first-order chi connectivity index (χ1) is 11.1. The van der Waals surface area contributed by atoms with Crippen LogP contribution in [0.25, 0.3) is 10.8 Å². The highest BCUT2D eigenvalue weighted by Gasteiger charge is 2.12. The van der Waals surface area contributed by atoms with Crippen molar-refractivity contribution in [2.45, 2.75) is 13.0 Å². The van der Waals surface area contributed by atoms with Crippen LogP contribution in [0.15, 0.2) is 48.7 Å². The van der Waals surface area contributed by atoms with Gasteiger partial charge < -0.3 is 10.4 Å². The summed E-state index contributed by atoms with van der Waals surface area (Å²) in [5, 5.41) is 21.0. The van der Waals surface area contributed by atoms with Crippen LogP contribution in [-0.2, 0) is 22.6 Å². The maximum Gasteiger partial charge on any atom is 0.309 e. The van der Waals surface area contributed by atoms with E-state index in [1.807, 2.05) is 42.5 Å². The summed E-state index contributed by atoms with van der Waals surface area (Å²) >= 11 is 0. The highest BCUT2D eigenvalue weighted by Crippen LogP contribution is 2.22. The van der Waals surface area contributed by atoms with E-state index < -0.39 is 5.97 Å². The fraction of sp³-hybridized carbons (Fsp3) is 0.125. The van der Waals surface area contributed by atoms with Gasteiger partial charge >= 0.3 is 5.97 Å². The van der Waals surface area contributed by atoms with Crippen LogP contribution in [0, 0.1) is 0 Å². The Kier molecular flexibility index (Phi) is 4.01. The van der Waals surface area contributed by atoms with Crippen LogP contribution in [0.3, 0.4) is 0 Å². The number of hydrogen-bond acceptors (Lipinski definition) is 4. The van der Waals surface area contributed by atoms with Crippen molar-refractivity contribution >= 4 is 28.3 Å². The molecule has 116 valence electrons. The van der Waals surface area contributed by atoms with Crippen molar-refractivity contribution in [1.82, 2.24) is 15.0 Å². The molecule has 0 aliphatic heterocycles. The Morgan fingerprint density at radius 3 is 2.74 bits per heavy atom. The molecule has 2 N–H and O–H groups in total. The predicted octanol–water partition coefficient (Wildman–Crippen LogP) is 1.70. The molecule has 1 amide bonds. The van der Waals surface area contributed by atoms with Gasteiger partial charge in [-0.15, -0.1) is 5.10 Å². The first kappa shape index (κ1) is 14.7. The first-order valence-electron chi connectivity index (χ1n) is 7.00. The van der Waals surface area contributed by atoms with Gasteiger partial charge in [0.15, 0.2) is 0 Å². The third-order valence-corrected chi connectivity index (χ3v) is 3.39. The summed E-state index contributed by atoms with van der Waals surface area (Å²) < 4.78 is 1.29. The predicted molar refractivity (Wildman–Crippen MR) is 83.9 cm³/mol. The van der Waals surface area contributed by atoms with Crippen LogP contribution in [0.4, 0.5) is 5.69 Å². The van der Waals surface area contributed by atoms with Gasteiger partial charge in [-0.25, -0.2) is 4.68 Å². The normalized spacial score (nSPS) is 10.6. The average molecular weight is 310 g/mol. The van der Waals surface area contributed by atoms with Crippen LogP contribution in [-0.4, -0.2) is 32.0 Å². The molecule has 7 heteroatoms. The largest absolute Gasteiger partial charge is 0.481 e. The molecular weight excluding hydrogens is 296 g/mol. The molecule has 0 saturated carbocycles. The van der Waals surface area contributed by atoms with E-state index in [1.165, 1.54) is 10.9 Å². The second-order valence-electron chi connectivity index (χ2n) is 5.03. The molecule has 0 spiro atoms. The second-order valence-corrected chi connectivity index (χ2v) is 5.03. The molecule has 1 heterocycles. The van der Waals surface area contributed by atoms with E-state index >= 15 is 0 Å². The summed E-state index contributed by atoms with van der Waals surface area (Å²) in [6, 6.07) is 13.4. The van der Waals surface area contributed by atoms with Crippen LogP contribution in [0.5, 0.6) is 0 Å². The molecule has 0 bridgehead atoms. The summed E-state index contributed by atoms with van der Waals surface area (Å²) in [7, 11) is 0. The first-order valence-corrected chi connectivity index (χ1v) is 7.00. The van der Waals surface area contributed by atoms with Crippen molar-refractivity contribution < 1.29 is 14.7 Å². The Morgan fingerprint density at radius 2 is 1.91 bits per heavy atom. The maximum atomic E-state index is 12.2. The number of anilines is 1. The monoisotopic (exact) mass is 310 g/mol. The number of fused-ring (bicyclic) bond motifs is 1. The molecule has 0 fully saturated rings. The molecule has 0 saturated heterocycles. The molecule has 0 aliphatic carbocycles. The Labute approximate surface area is 131 Å². The highest BCUT2D eigenvalue weighted by molar-refractivity contribution is 6.02. The molecule has 1 aromatic heterocycles. The van der Waals surface area contributed by atoms with E-state index in [1.54, 1.807) is 0 Å². The van der Waals surface area contributed by atoms with Gasteiger partial charge in [0.05, 0.1) is 18.3 Å². The fourth-order valence-corrected chi connectivity index (χ4v) is 2.36. The zero-order valence-corrected chi connectivity index (χ0v) is 12.1. The van der Waals surface area contributed by atoms with Gasteiger partial charge in [-0.3, -0.25) is 9.59 Å². The minimum atomic E-state index is -0.997. The third kappa shape index (κ3) is 3.34. The average Bonchev–Trinajstić information content (AvgIpc) is 2.94. The number of carboxylic acid groups (broad SMARTS) is 1. The van der Waals surface area contributed by atoms with E-state index in [0.717, 1.165) is 10.8 Å². The summed E-state index contributed by atoms with van der Waals surface area (Å²) in [5.41, 5.74) is 1.08. The molecule has 0 aliphatic rings. The van der Waals surface area contributed by atoms with E-state index in [9.17, 15) is 9.59 Å². The van der Waals surface area contributed by atoms with Gasteiger partial charge in [0.25, 0.3) is 0 Å². The third-order valence-electron chi connectivity index (χ3n) is 3.39. The quantitative estimate of drug-likeness (QED) is 0.747. The van der Waals surface area contributed by atoms with E-state index in [-0.39, 0.29) is 18.9 Å². The lowest BCUT2D eigenvalue weighted by Crippen LogP contribution is -2.22. The number of carboxylic acids is 1. The number of rotatable bonds is 5. The summed E-state index contributed by atoms with van der Waals surface area (Å²) in [5.74, 6) is -1.29. The molecule has 7 nitrogen and oxygen atoms in total. The molecule has 0 radical (unpaired) electrons. The van der Waals surface area contributed by atoms with Crippen molar-refractivity contribution in [1.29, 1.82) is 0 Å². The number of hydrogen-bond donors (Lipinski definition) is 2. The van der Waals surface area contributed by atoms with Gasteiger partial charge in [-0.2, -0.15) is 0 Å². The number of benzene rings is 2. The maximum absolute atomic E-state index is 12.2. The van der Waals surface area contributed by atoms with Crippen LogP contribution in [0.2, 0.25) is 0 Å². The van der Waals surface area contributed by atoms with Crippen LogP contribution in [0.1, 0.15) is 5.69 Å². The van der Waals surface area contributed by atoms with Crippen LogP contribution < -0.4 is 5.32 Å². The Morgan fingerprint density at radius 1 is 1.13 bits per heavy atom. The zero-order valence-electron chi connectivity index (χ0n) is 12.1. The van der Waals surface area contributed by atoms with Crippen molar-refractivity contribution in [2.75, 3.05) is 5.32 Å². The molecule has 0 unspecified atom stereocenters. The number of amides is 1. The topological polar surface area (TPSA) is 97.1 Å². The SMILES string of the molecule is O=C(O)Cc1cnnn1CC(=O)Nc1cccc2ccccc12. The molecule has 0 atom stereocenters. The minimum Gasteiger partial charge on any atom is -0.481 e. The lowest BCUT2D eigenvalue weighted by atomic mass is 10.1. The van der Waals surface area contributed by atoms with Gasteiger partial charge in [0, 0.05) is 11.1 Å². The van der Waals surface area contributed by atoms with E-state index in [0.29, 0.717) is 11.4 Å². The lowest BCUT2D eigenvalue weighted by molar-refractivity contribution is -0.136. The summed E-state index contributed by atoms with van der Waals surface area (Å²) in [6.45, 7) is -0.0914. The standard InChI is InChI=1S/C16H14N4O3/c21-15(10-20-12(8-16(22)23)9-17-19-20)18-14-7-3-5-11-4-1-2-6-13(11)14/h1-7,9H,8,10H2,(H,18,21)(H,22,23). The van der Waals surface area contributed by atoms with Gasteiger partial charge in [0.1, 0.15) is 6.54 Å². The molecule has 2 aromatic carbocycles. The Hall–Kier alpha value is -3.22. The van der Waals surface area contributed by atoms with Crippen LogP contribution >= 0.6 is 0 Å². The number of aliphatic carboxylic acids is 1. The van der Waals surface area contributed by atoms with Gasteiger partial charge in [-0.05, 0) is 11.5 Å². The van der Waals surface area contributed by atoms with Gasteiger partial charge in [0.2, 0.25) is 5.91 Å². The van der Waals surface area contributed by atoms with Gasteiger partial charge in [-0.1, -0.05) is 41.6 Å². The minimum absolute atomic E-state index is 0.0914. The Bertz CT molecular complexity index is 867. The summed E-state index contributed by atoms with van der Waals surface area (Å²) in [6.07, 6.45) is 1.12. The number of carbonyl (C=O) groups excluding carboxylic acids is 1. The Balaban J connectivity index is 1.77. The van der Waals surface area contributed by atoms with Crippen molar-refractivity contribution in [3.63, 3.8) is 0 Å². The lowest BCUT2D eigenvalue weighted by Gasteiger charge is -2.09. The molecule has 3 aromatic rings. The van der Waals surface area contributed by atoms with Crippen molar-refractivity contribution in [3.05, 3.63) is 54.4 Å².